The van der Waals surface area contributed by atoms with Gasteiger partial charge in [0.1, 0.15) is 5.82 Å². The van der Waals surface area contributed by atoms with Crippen molar-refractivity contribution in [3.05, 3.63) is 34.6 Å². The van der Waals surface area contributed by atoms with E-state index < -0.39 is 15.8 Å². The molecule has 19 heavy (non-hydrogen) atoms. The zero-order valence-corrected chi connectivity index (χ0v) is 12.0. The van der Waals surface area contributed by atoms with Crippen LogP contribution in [0.2, 0.25) is 5.02 Å². The Kier molecular flexibility index (Phi) is 4.78. The van der Waals surface area contributed by atoms with E-state index in [4.69, 9.17) is 11.6 Å². The van der Waals surface area contributed by atoms with Crippen molar-refractivity contribution in [1.82, 2.24) is 9.62 Å². The number of sulfonamides is 1. The zero-order chi connectivity index (χ0) is 13.9. The van der Waals surface area contributed by atoms with E-state index in [0.29, 0.717) is 25.2 Å². The molecule has 0 spiro atoms. The average Bonchev–Trinajstić information content (AvgIpc) is 2.63. The van der Waals surface area contributed by atoms with Crippen LogP contribution in [-0.2, 0) is 15.8 Å². The van der Waals surface area contributed by atoms with Gasteiger partial charge in [-0.05, 0) is 30.7 Å². The predicted molar refractivity (Wildman–Crippen MR) is 73.1 cm³/mol. The predicted octanol–water partition coefficient (Wildman–Crippen LogP) is 1.60. The smallest absolute Gasteiger partial charge is 0.218 e. The number of rotatable bonds is 3. The molecule has 106 valence electrons. The summed E-state index contributed by atoms with van der Waals surface area (Å²) in [4.78, 5) is 0. The lowest BCUT2D eigenvalue weighted by Crippen LogP contribution is -2.35. The number of hydrogen-bond donors (Lipinski definition) is 1. The summed E-state index contributed by atoms with van der Waals surface area (Å²) in [5.74, 6) is -0.686. The third-order valence-electron chi connectivity index (χ3n) is 3.03. The van der Waals surface area contributed by atoms with E-state index in [1.165, 1.54) is 22.5 Å². The maximum Gasteiger partial charge on any atom is 0.218 e. The molecule has 1 N–H and O–H groups in total. The first-order valence-corrected chi connectivity index (χ1v) is 8.10. The van der Waals surface area contributed by atoms with E-state index in [-0.39, 0.29) is 10.8 Å². The number of hydrogen-bond acceptors (Lipinski definition) is 3. The summed E-state index contributed by atoms with van der Waals surface area (Å²) in [5.41, 5.74) is 0.503. The van der Waals surface area contributed by atoms with E-state index in [9.17, 15) is 12.8 Å². The van der Waals surface area contributed by atoms with Gasteiger partial charge >= 0.3 is 0 Å². The quantitative estimate of drug-likeness (QED) is 0.923. The standard InChI is InChI=1S/C12H16ClFN2O2S/c13-11-8-10(2-3-12(11)14)9-19(17,18)16-6-1-4-15-5-7-16/h2-3,8,15H,1,4-7,9H2. The molecule has 2 rings (SSSR count). The van der Waals surface area contributed by atoms with Crippen LogP contribution < -0.4 is 5.32 Å². The van der Waals surface area contributed by atoms with E-state index >= 15 is 0 Å². The second-order valence-corrected chi connectivity index (χ2v) is 6.88. The van der Waals surface area contributed by atoms with Crippen LogP contribution >= 0.6 is 11.6 Å². The number of halogens is 2. The number of benzene rings is 1. The summed E-state index contributed by atoms with van der Waals surface area (Å²) < 4.78 is 39.0. The first kappa shape index (κ1) is 14.7. The van der Waals surface area contributed by atoms with Gasteiger partial charge in [0.15, 0.2) is 0 Å². The lowest BCUT2D eigenvalue weighted by molar-refractivity contribution is 0.431. The molecule has 1 aliphatic rings. The lowest BCUT2D eigenvalue weighted by Gasteiger charge is -2.19. The van der Waals surface area contributed by atoms with Gasteiger partial charge in [0, 0.05) is 19.6 Å². The summed E-state index contributed by atoms with van der Waals surface area (Å²) in [7, 11) is -3.38. The van der Waals surface area contributed by atoms with Crippen LogP contribution in [0.5, 0.6) is 0 Å². The summed E-state index contributed by atoms with van der Waals surface area (Å²) >= 11 is 5.66. The minimum absolute atomic E-state index is 0.0507. The van der Waals surface area contributed by atoms with Gasteiger partial charge in [-0.15, -0.1) is 0 Å². The van der Waals surface area contributed by atoms with Crippen LogP contribution in [0.3, 0.4) is 0 Å². The molecule has 1 heterocycles. The molecule has 1 aliphatic heterocycles. The third kappa shape index (κ3) is 3.89. The van der Waals surface area contributed by atoms with E-state index in [2.05, 4.69) is 5.32 Å². The van der Waals surface area contributed by atoms with Crippen LogP contribution in [0.25, 0.3) is 0 Å². The molecule has 0 aromatic heterocycles. The van der Waals surface area contributed by atoms with Crippen molar-refractivity contribution in [3.8, 4) is 0 Å². The Morgan fingerprint density at radius 3 is 2.84 bits per heavy atom. The van der Waals surface area contributed by atoms with E-state index in [0.717, 1.165) is 13.0 Å². The van der Waals surface area contributed by atoms with E-state index in [1.807, 2.05) is 0 Å². The van der Waals surface area contributed by atoms with Crippen molar-refractivity contribution < 1.29 is 12.8 Å². The van der Waals surface area contributed by atoms with Crippen LogP contribution in [0.4, 0.5) is 4.39 Å². The van der Waals surface area contributed by atoms with Gasteiger partial charge in [0.05, 0.1) is 10.8 Å². The van der Waals surface area contributed by atoms with Gasteiger partial charge in [0.25, 0.3) is 0 Å². The largest absolute Gasteiger partial charge is 0.315 e. The van der Waals surface area contributed by atoms with Crippen molar-refractivity contribution in [1.29, 1.82) is 0 Å². The Balaban J connectivity index is 2.13. The molecule has 1 aromatic carbocycles. The van der Waals surface area contributed by atoms with Crippen LogP contribution in [-0.4, -0.2) is 38.9 Å². The summed E-state index contributed by atoms with van der Waals surface area (Å²) in [6.45, 7) is 2.47. The molecule has 1 fully saturated rings. The fourth-order valence-electron chi connectivity index (χ4n) is 2.03. The van der Waals surface area contributed by atoms with Crippen molar-refractivity contribution in [2.75, 3.05) is 26.2 Å². The molecule has 0 bridgehead atoms. The number of nitrogens with zero attached hydrogens (tertiary/aromatic N) is 1. The average molecular weight is 307 g/mol. The molecule has 0 saturated carbocycles. The van der Waals surface area contributed by atoms with Gasteiger partial charge in [-0.2, -0.15) is 0 Å². The topological polar surface area (TPSA) is 49.4 Å². The molecule has 1 saturated heterocycles. The molecule has 0 radical (unpaired) electrons. The number of nitrogens with one attached hydrogen (secondary N) is 1. The monoisotopic (exact) mass is 306 g/mol. The highest BCUT2D eigenvalue weighted by Gasteiger charge is 2.23. The van der Waals surface area contributed by atoms with Crippen LogP contribution in [0.15, 0.2) is 18.2 Å². The normalized spacial score (nSPS) is 18.2. The van der Waals surface area contributed by atoms with Gasteiger partial charge in [-0.1, -0.05) is 17.7 Å². The Labute approximate surface area is 117 Å². The van der Waals surface area contributed by atoms with Gasteiger partial charge in [0.2, 0.25) is 10.0 Å². The Morgan fingerprint density at radius 1 is 1.32 bits per heavy atom. The maximum atomic E-state index is 13.0. The third-order valence-corrected chi connectivity index (χ3v) is 5.17. The van der Waals surface area contributed by atoms with Crippen molar-refractivity contribution in [3.63, 3.8) is 0 Å². The first-order valence-electron chi connectivity index (χ1n) is 6.11. The molecular formula is C12H16ClFN2O2S. The Bertz CT molecular complexity index is 543. The highest BCUT2D eigenvalue weighted by Crippen LogP contribution is 2.19. The molecule has 0 unspecified atom stereocenters. The van der Waals surface area contributed by atoms with Crippen molar-refractivity contribution >= 4 is 21.6 Å². The Hall–Kier alpha value is -0.690. The second-order valence-electron chi connectivity index (χ2n) is 4.51. The lowest BCUT2D eigenvalue weighted by atomic mass is 10.2. The maximum absolute atomic E-state index is 13.0. The molecule has 1 aromatic rings. The molecular weight excluding hydrogens is 291 g/mol. The minimum atomic E-state index is -3.38. The molecule has 0 amide bonds. The van der Waals surface area contributed by atoms with E-state index in [1.54, 1.807) is 0 Å². The second kappa shape index (κ2) is 6.17. The van der Waals surface area contributed by atoms with Crippen molar-refractivity contribution in [2.24, 2.45) is 0 Å². The van der Waals surface area contributed by atoms with Crippen LogP contribution in [0, 0.1) is 5.82 Å². The van der Waals surface area contributed by atoms with Crippen LogP contribution in [0.1, 0.15) is 12.0 Å². The van der Waals surface area contributed by atoms with Gasteiger partial charge in [-0.25, -0.2) is 17.1 Å². The minimum Gasteiger partial charge on any atom is -0.315 e. The van der Waals surface area contributed by atoms with Crippen molar-refractivity contribution in [2.45, 2.75) is 12.2 Å². The van der Waals surface area contributed by atoms with Gasteiger partial charge in [-0.3, -0.25) is 0 Å². The SMILES string of the molecule is O=S(=O)(Cc1ccc(F)c(Cl)c1)N1CCCNCC1. The fourth-order valence-corrected chi connectivity index (χ4v) is 3.79. The molecule has 7 heteroatoms. The highest BCUT2D eigenvalue weighted by molar-refractivity contribution is 7.88. The summed E-state index contributed by atoms with van der Waals surface area (Å²) in [6, 6.07) is 4.01. The Morgan fingerprint density at radius 2 is 2.11 bits per heavy atom. The zero-order valence-electron chi connectivity index (χ0n) is 10.4. The summed E-state index contributed by atoms with van der Waals surface area (Å²) in [5, 5.41) is 3.10. The first-order chi connectivity index (χ1) is 8.99. The summed E-state index contributed by atoms with van der Waals surface area (Å²) in [6.07, 6.45) is 0.795. The van der Waals surface area contributed by atoms with Gasteiger partial charge < -0.3 is 5.32 Å². The highest BCUT2D eigenvalue weighted by atomic mass is 35.5. The molecule has 4 nitrogen and oxygen atoms in total. The fraction of sp³-hybridized carbons (Fsp3) is 0.500. The molecule has 0 atom stereocenters. The molecule has 0 aliphatic carbocycles.